The summed E-state index contributed by atoms with van der Waals surface area (Å²) in [6.45, 7) is 9.85. The molecule has 3 aromatic rings. The topological polar surface area (TPSA) is 206 Å². The normalized spacial score (nSPS) is 22.9. The minimum atomic E-state index is -1.56. The molecule has 342 valence electrons. The summed E-state index contributed by atoms with van der Waals surface area (Å²) in [7, 11) is 0. The first-order valence-corrected chi connectivity index (χ1v) is 22.1. The molecule has 0 spiro atoms. The summed E-state index contributed by atoms with van der Waals surface area (Å²) in [6.07, 6.45) is 8.17. The zero-order valence-electron chi connectivity index (χ0n) is 36.9. The number of benzene rings is 3. The average Bonchev–Trinajstić information content (AvgIpc) is 3.28. The highest BCUT2D eigenvalue weighted by Crippen LogP contribution is 2.62. The zero-order valence-corrected chi connectivity index (χ0v) is 36.9. The number of unbranched alkanes of at least 4 members (excludes halogenated alkanes) is 2. The Labute approximate surface area is 374 Å². The van der Waals surface area contributed by atoms with Crippen molar-refractivity contribution in [1.29, 1.82) is 5.26 Å². The van der Waals surface area contributed by atoms with E-state index in [4.69, 9.17) is 28.9 Å². The van der Waals surface area contributed by atoms with Crippen molar-refractivity contribution in [3.05, 3.63) is 118 Å². The van der Waals surface area contributed by atoms with E-state index in [-0.39, 0.29) is 87.7 Å². The third-order valence-corrected chi connectivity index (χ3v) is 11.9. The Balaban J connectivity index is 1.62. The van der Waals surface area contributed by atoms with Crippen LogP contribution in [0.4, 0.5) is 5.69 Å². The standard InChI is InChI=1S/C49H60N4O11/c1-5-25-61-49-44(52(21-26-60-27-24-56)47(57)34-17-15-33(32-50)16-18-34)31-42(51-64-48(2,3)4)40-28-35(11-6-8-22-54)39(14-7-9-23-55)45(46(40)49)41-30-38(19-20-43(41)63-49)62-37-13-10-12-36(29-37)53(58)59/h5,10,12-13,15-20,28-30,35,39,44-46,54-56H,1,6-9,11,14,21-27,31H2,2-4H3. The number of rotatable bonds is 22. The Morgan fingerprint density at radius 3 is 2.42 bits per heavy atom. The quantitative estimate of drug-likeness (QED) is 0.0382. The van der Waals surface area contributed by atoms with Crippen LogP contribution in [0.2, 0.25) is 0 Å². The number of oxime groups is 1. The van der Waals surface area contributed by atoms with Crippen LogP contribution < -0.4 is 9.47 Å². The Kier molecular flexibility index (Phi) is 16.3. The van der Waals surface area contributed by atoms with Gasteiger partial charge in [-0.05, 0) is 112 Å². The van der Waals surface area contributed by atoms with Crippen molar-refractivity contribution in [3.63, 3.8) is 0 Å². The molecule has 1 saturated carbocycles. The number of hydrogen-bond donors (Lipinski definition) is 3. The van der Waals surface area contributed by atoms with Crippen molar-refractivity contribution in [1.82, 2.24) is 4.90 Å². The fourth-order valence-corrected chi connectivity index (χ4v) is 9.28. The number of nitriles is 1. The van der Waals surface area contributed by atoms with Crippen LogP contribution >= 0.6 is 0 Å². The number of non-ortho nitro benzene ring substituents is 1. The Hall–Kier alpha value is -5.63. The monoisotopic (exact) mass is 880 g/mol. The molecule has 6 unspecified atom stereocenters. The second kappa shape index (κ2) is 21.8. The summed E-state index contributed by atoms with van der Waals surface area (Å²) in [4.78, 5) is 34.2. The number of hydrogen-bond acceptors (Lipinski definition) is 13. The van der Waals surface area contributed by atoms with Crippen molar-refractivity contribution in [2.75, 3.05) is 46.2 Å². The van der Waals surface area contributed by atoms with Gasteiger partial charge in [-0.15, -0.1) is 6.58 Å². The van der Waals surface area contributed by atoms with Gasteiger partial charge >= 0.3 is 0 Å². The van der Waals surface area contributed by atoms with Gasteiger partial charge in [0.25, 0.3) is 11.6 Å². The summed E-state index contributed by atoms with van der Waals surface area (Å²) < 4.78 is 26.5. The maximum atomic E-state index is 15.1. The zero-order chi connectivity index (χ0) is 45.9. The van der Waals surface area contributed by atoms with Gasteiger partial charge in [-0.2, -0.15) is 5.26 Å². The first-order valence-electron chi connectivity index (χ1n) is 22.1. The van der Waals surface area contributed by atoms with Crippen molar-refractivity contribution < 1.29 is 48.8 Å². The minimum Gasteiger partial charge on any atom is -0.459 e. The maximum absolute atomic E-state index is 15.1. The molecule has 1 fully saturated rings. The van der Waals surface area contributed by atoms with Crippen LogP contribution in [0.3, 0.4) is 0 Å². The molecule has 3 aromatic carbocycles. The van der Waals surface area contributed by atoms with E-state index in [1.54, 1.807) is 59.5 Å². The van der Waals surface area contributed by atoms with E-state index < -0.39 is 28.3 Å². The van der Waals surface area contributed by atoms with Crippen LogP contribution in [0.5, 0.6) is 17.2 Å². The summed E-state index contributed by atoms with van der Waals surface area (Å²) in [5, 5.41) is 55.6. The fraction of sp³-hybridized carbons (Fsp3) is 0.490. The molecule has 2 aliphatic carbocycles. The number of carbonyl (C=O) groups is 1. The second-order valence-electron chi connectivity index (χ2n) is 17.4. The van der Waals surface area contributed by atoms with Gasteiger partial charge in [-0.1, -0.05) is 36.2 Å². The number of allylic oxidation sites excluding steroid dienone is 1. The highest BCUT2D eigenvalue weighted by Gasteiger charge is 2.65. The molecule has 3 aliphatic rings. The molecular formula is C49H60N4O11. The van der Waals surface area contributed by atoms with E-state index in [0.29, 0.717) is 54.0 Å². The molecule has 6 rings (SSSR count). The molecule has 15 heteroatoms. The SMILES string of the molecule is C=CCOC12Oc3ccc(Oc4cccc([N+](=O)[O-])c4)cc3C3C(CCCCO)C(CCCCO)C=C(C(=NOC(C)(C)C)CC1N(CCOCCO)C(=O)c1ccc(C#N)cc1)C32. The van der Waals surface area contributed by atoms with Gasteiger partial charge in [0, 0.05) is 49.3 Å². The summed E-state index contributed by atoms with van der Waals surface area (Å²) >= 11 is 0. The molecule has 64 heavy (non-hydrogen) atoms. The van der Waals surface area contributed by atoms with Crippen molar-refractivity contribution >= 4 is 17.3 Å². The van der Waals surface area contributed by atoms with Crippen molar-refractivity contribution in [2.24, 2.45) is 22.9 Å². The average molecular weight is 881 g/mol. The molecule has 0 saturated heterocycles. The lowest BCUT2D eigenvalue weighted by Crippen LogP contribution is -2.70. The van der Waals surface area contributed by atoms with Gasteiger partial charge in [-0.25, -0.2) is 0 Å². The number of amides is 1. The van der Waals surface area contributed by atoms with Crippen LogP contribution in [-0.2, 0) is 14.3 Å². The third kappa shape index (κ3) is 11.0. The number of fused-ring (bicyclic) bond motifs is 2. The second-order valence-corrected chi connectivity index (χ2v) is 17.4. The lowest BCUT2D eigenvalue weighted by Gasteiger charge is -2.60. The molecule has 0 aromatic heterocycles. The number of ether oxygens (including phenoxy) is 4. The van der Waals surface area contributed by atoms with Crippen molar-refractivity contribution in [2.45, 2.75) is 89.1 Å². The lowest BCUT2D eigenvalue weighted by molar-refractivity contribution is -0.384. The van der Waals surface area contributed by atoms with Crippen LogP contribution in [0.15, 0.2) is 96.2 Å². The van der Waals surface area contributed by atoms with E-state index in [1.165, 1.54) is 12.1 Å². The predicted octanol–water partition coefficient (Wildman–Crippen LogP) is 7.84. The van der Waals surface area contributed by atoms with Crippen LogP contribution in [-0.4, -0.2) is 100 Å². The van der Waals surface area contributed by atoms with Crippen molar-refractivity contribution in [3.8, 4) is 23.3 Å². The van der Waals surface area contributed by atoms with Gasteiger partial charge < -0.3 is 44.0 Å². The molecular weight excluding hydrogens is 821 g/mol. The third-order valence-electron chi connectivity index (χ3n) is 11.9. The van der Waals surface area contributed by atoms with Crippen LogP contribution in [0.1, 0.15) is 93.1 Å². The molecule has 0 radical (unpaired) electrons. The minimum absolute atomic E-state index is 0.0226. The fourth-order valence-electron chi connectivity index (χ4n) is 9.28. The Morgan fingerprint density at radius 1 is 1.02 bits per heavy atom. The summed E-state index contributed by atoms with van der Waals surface area (Å²) in [5.41, 5.74) is 2.20. The molecule has 1 heterocycles. The van der Waals surface area contributed by atoms with E-state index in [0.717, 1.165) is 24.0 Å². The van der Waals surface area contributed by atoms with Gasteiger partial charge in [0.05, 0.1) is 60.7 Å². The number of aliphatic hydroxyl groups excluding tert-OH is 3. The highest BCUT2D eigenvalue weighted by molar-refractivity contribution is 6.03. The van der Waals surface area contributed by atoms with E-state index in [1.807, 2.05) is 26.8 Å². The molecule has 15 nitrogen and oxygen atoms in total. The molecule has 0 bridgehead atoms. The number of carbonyl (C=O) groups excluding carboxylic acids is 1. The number of nitro groups is 1. The van der Waals surface area contributed by atoms with Gasteiger partial charge in [-0.3, -0.25) is 14.9 Å². The highest BCUT2D eigenvalue weighted by atomic mass is 16.7. The van der Waals surface area contributed by atoms with Crippen LogP contribution in [0.25, 0.3) is 0 Å². The summed E-state index contributed by atoms with van der Waals surface area (Å²) in [5.74, 6) is -1.78. The predicted molar refractivity (Wildman–Crippen MR) is 239 cm³/mol. The van der Waals surface area contributed by atoms with E-state index in [9.17, 15) is 30.7 Å². The van der Waals surface area contributed by atoms with Gasteiger partial charge in [0.15, 0.2) is 0 Å². The molecule has 6 atom stereocenters. The first kappa shape index (κ1) is 47.8. The molecule has 1 aliphatic heterocycles. The smallest absolute Gasteiger partial charge is 0.273 e. The first-order chi connectivity index (χ1) is 30.9. The summed E-state index contributed by atoms with van der Waals surface area (Å²) in [6, 6.07) is 19.1. The van der Waals surface area contributed by atoms with E-state index >= 15 is 4.79 Å². The molecule has 3 N–H and O–H groups in total. The Bertz CT molecular complexity index is 2200. The number of nitro benzene ring substituents is 1. The van der Waals surface area contributed by atoms with Gasteiger partial charge in [0.1, 0.15) is 28.9 Å². The maximum Gasteiger partial charge on any atom is 0.273 e. The van der Waals surface area contributed by atoms with E-state index in [2.05, 4.69) is 18.7 Å². The van der Waals surface area contributed by atoms with Crippen LogP contribution in [0, 0.1) is 39.2 Å². The largest absolute Gasteiger partial charge is 0.459 e. The van der Waals surface area contributed by atoms with Gasteiger partial charge in [0.2, 0.25) is 5.79 Å². The molecule has 1 amide bonds. The number of aliphatic hydroxyl groups is 3. The lowest BCUT2D eigenvalue weighted by atomic mass is 9.55. The Morgan fingerprint density at radius 2 is 1.75 bits per heavy atom. The number of nitrogens with zero attached hydrogens (tertiary/aromatic N) is 4.